The van der Waals surface area contributed by atoms with Crippen LogP contribution in [0.15, 0.2) is 60.9 Å². The lowest BCUT2D eigenvalue weighted by Gasteiger charge is -2.24. The van der Waals surface area contributed by atoms with Gasteiger partial charge in [-0.2, -0.15) is 23.3 Å². The summed E-state index contributed by atoms with van der Waals surface area (Å²) in [5.74, 6) is 0.507. The molecule has 0 radical (unpaired) electrons. The first-order valence-electron chi connectivity index (χ1n) is 7.73. The van der Waals surface area contributed by atoms with Gasteiger partial charge in [0.2, 0.25) is 5.95 Å². The highest BCUT2D eigenvalue weighted by molar-refractivity contribution is 6.30. The fourth-order valence-electron chi connectivity index (χ4n) is 2.87. The number of rotatable bonds is 2. The van der Waals surface area contributed by atoms with Gasteiger partial charge in [-0.25, -0.2) is 4.68 Å². The number of aromatic nitrogens is 3. The molecular weight excluding hydrogens is 365 g/mol. The van der Waals surface area contributed by atoms with Gasteiger partial charge < -0.3 is 5.32 Å². The highest BCUT2D eigenvalue weighted by atomic mass is 35.5. The first-order valence-corrected chi connectivity index (χ1v) is 8.11. The summed E-state index contributed by atoms with van der Waals surface area (Å²) in [5, 5.41) is 7.92. The van der Waals surface area contributed by atoms with E-state index in [0.717, 1.165) is 17.7 Å². The van der Waals surface area contributed by atoms with Crippen molar-refractivity contribution >= 4 is 23.2 Å². The van der Waals surface area contributed by atoms with Crippen molar-refractivity contribution in [3.63, 3.8) is 0 Å². The lowest BCUT2D eigenvalue weighted by atomic mass is 10.0. The Morgan fingerprint density at radius 1 is 1.08 bits per heavy atom. The van der Waals surface area contributed by atoms with Crippen molar-refractivity contribution < 1.29 is 13.2 Å². The van der Waals surface area contributed by atoms with Crippen molar-refractivity contribution in [1.29, 1.82) is 0 Å². The molecule has 0 saturated carbocycles. The summed E-state index contributed by atoms with van der Waals surface area (Å²) >= 11 is 6.09. The predicted molar refractivity (Wildman–Crippen MR) is 92.7 cm³/mol. The van der Waals surface area contributed by atoms with Crippen LogP contribution in [-0.4, -0.2) is 14.8 Å². The molecule has 3 aromatic rings. The van der Waals surface area contributed by atoms with E-state index in [1.54, 1.807) is 10.7 Å². The molecule has 0 saturated heterocycles. The van der Waals surface area contributed by atoms with Crippen LogP contribution in [-0.2, 0) is 6.18 Å². The van der Waals surface area contributed by atoms with Crippen LogP contribution in [0, 0.1) is 0 Å². The fraction of sp³-hybridized carbons (Fsp3) is 0.111. The van der Waals surface area contributed by atoms with Gasteiger partial charge in [0.15, 0.2) is 0 Å². The average Bonchev–Trinajstić information content (AvgIpc) is 3.09. The molecule has 0 aliphatic carbocycles. The van der Waals surface area contributed by atoms with Gasteiger partial charge in [0.1, 0.15) is 12.4 Å². The molecule has 1 unspecified atom stereocenters. The summed E-state index contributed by atoms with van der Waals surface area (Å²) in [7, 11) is 0. The van der Waals surface area contributed by atoms with E-state index < -0.39 is 11.7 Å². The fourth-order valence-corrected chi connectivity index (χ4v) is 3.07. The molecule has 0 fully saturated rings. The Morgan fingerprint density at radius 2 is 1.85 bits per heavy atom. The predicted octanol–water partition coefficient (Wildman–Crippen LogP) is 5.01. The number of halogens is 4. The van der Waals surface area contributed by atoms with E-state index in [-0.39, 0.29) is 6.04 Å². The summed E-state index contributed by atoms with van der Waals surface area (Å²) in [4.78, 5) is 4.17. The van der Waals surface area contributed by atoms with E-state index in [2.05, 4.69) is 15.4 Å². The van der Waals surface area contributed by atoms with Gasteiger partial charge in [0.05, 0.1) is 5.56 Å². The number of nitrogens with one attached hydrogen (secondary N) is 1. The zero-order chi connectivity index (χ0) is 18.3. The second kappa shape index (κ2) is 6.17. The number of nitrogens with zero attached hydrogens (tertiary/aromatic N) is 3. The number of anilines is 1. The highest BCUT2D eigenvalue weighted by Crippen LogP contribution is 2.34. The molecule has 132 valence electrons. The standard InChI is InChI=1S/C18H12ClF3N4/c19-14-3-1-2-12(8-14)16-9-15(25-17-23-10-24-26(16)17)11-4-6-13(7-5-11)18(20,21)22/h1-10,16H,(H,23,24,25). The normalized spacial score (nSPS) is 16.6. The van der Waals surface area contributed by atoms with Crippen LogP contribution < -0.4 is 5.32 Å². The van der Waals surface area contributed by atoms with Gasteiger partial charge in [0, 0.05) is 10.7 Å². The SMILES string of the molecule is FC(F)(F)c1ccc(C2=CC(c3cccc(Cl)c3)n3ncnc3N2)cc1. The Bertz CT molecular complexity index is 977. The summed E-state index contributed by atoms with van der Waals surface area (Å²) in [6.07, 6.45) is -1.06. The number of allylic oxidation sites excluding steroid dienone is 1. The first-order chi connectivity index (χ1) is 12.4. The summed E-state index contributed by atoms with van der Waals surface area (Å²) in [6.45, 7) is 0. The van der Waals surface area contributed by atoms with Crippen molar-refractivity contribution in [3.05, 3.63) is 82.6 Å². The monoisotopic (exact) mass is 376 g/mol. The van der Waals surface area contributed by atoms with Crippen LogP contribution in [0.1, 0.15) is 22.7 Å². The van der Waals surface area contributed by atoms with Gasteiger partial charge in [-0.15, -0.1) is 0 Å². The van der Waals surface area contributed by atoms with Crippen molar-refractivity contribution in [2.75, 3.05) is 5.32 Å². The lowest BCUT2D eigenvalue weighted by Crippen LogP contribution is -2.20. The average molecular weight is 377 g/mol. The van der Waals surface area contributed by atoms with E-state index in [0.29, 0.717) is 22.2 Å². The molecule has 0 spiro atoms. The Hall–Kier alpha value is -2.80. The van der Waals surface area contributed by atoms with Gasteiger partial charge in [-0.3, -0.25) is 0 Å². The number of fused-ring (bicyclic) bond motifs is 1. The number of benzene rings is 2. The van der Waals surface area contributed by atoms with Crippen LogP contribution in [0.4, 0.5) is 19.1 Å². The van der Waals surface area contributed by atoms with Gasteiger partial charge in [-0.1, -0.05) is 35.9 Å². The third kappa shape index (κ3) is 3.06. The number of hydrogen-bond donors (Lipinski definition) is 1. The molecule has 0 bridgehead atoms. The molecule has 2 aromatic carbocycles. The minimum absolute atomic E-state index is 0.273. The van der Waals surface area contributed by atoms with E-state index in [9.17, 15) is 13.2 Å². The molecule has 26 heavy (non-hydrogen) atoms. The minimum atomic E-state index is -4.36. The van der Waals surface area contributed by atoms with E-state index >= 15 is 0 Å². The molecule has 4 rings (SSSR count). The molecule has 1 aliphatic heterocycles. The minimum Gasteiger partial charge on any atom is -0.324 e. The van der Waals surface area contributed by atoms with Gasteiger partial charge in [0.25, 0.3) is 0 Å². The Balaban J connectivity index is 1.75. The molecular formula is C18H12ClF3N4. The second-order valence-electron chi connectivity index (χ2n) is 5.81. The maximum atomic E-state index is 12.8. The molecule has 1 aromatic heterocycles. The zero-order valence-electron chi connectivity index (χ0n) is 13.2. The summed E-state index contributed by atoms with van der Waals surface area (Å²) in [6, 6.07) is 12.1. The summed E-state index contributed by atoms with van der Waals surface area (Å²) in [5.41, 5.74) is 1.49. The Morgan fingerprint density at radius 3 is 2.54 bits per heavy atom. The van der Waals surface area contributed by atoms with Crippen molar-refractivity contribution in [2.45, 2.75) is 12.2 Å². The van der Waals surface area contributed by atoms with Crippen LogP contribution in [0.5, 0.6) is 0 Å². The van der Waals surface area contributed by atoms with Crippen LogP contribution in [0.25, 0.3) is 5.70 Å². The maximum absolute atomic E-state index is 12.8. The van der Waals surface area contributed by atoms with Crippen LogP contribution >= 0.6 is 11.6 Å². The maximum Gasteiger partial charge on any atom is 0.416 e. The largest absolute Gasteiger partial charge is 0.416 e. The van der Waals surface area contributed by atoms with Crippen molar-refractivity contribution in [2.24, 2.45) is 0 Å². The Labute approximate surface area is 151 Å². The third-order valence-electron chi connectivity index (χ3n) is 4.12. The van der Waals surface area contributed by atoms with E-state index in [1.165, 1.54) is 18.5 Å². The zero-order valence-corrected chi connectivity index (χ0v) is 14.0. The molecule has 1 atom stereocenters. The summed E-state index contributed by atoms with van der Waals surface area (Å²) < 4.78 is 40.0. The molecule has 1 aliphatic rings. The second-order valence-corrected chi connectivity index (χ2v) is 6.24. The van der Waals surface area contributed by atoms with Gasteiger partial charge >= 0.3 is 6.18 Å². The van der Waals surface area contributed by atoms with Crippen molar-refractivity contribution in [3.8, 4) is 0 Å². The quantitative estimate of drug-likeness (QED) is 0.684. The molecule has 8 heteroatoms. The van der Waals surface area contributed by atoms with Gasteiger partial charge in [-0.05, 0) is 41.5 Å². The number of alkyl halides is 3. The molecule has 0 amide bonds. The number of hydrogen-bond acceptors (Lipinski definition) is 3. The topological polar surface area (TPSA) is 42.7 Å². The molecule has 1 N–H and O–H groups in total. The lowest BCUT2D eigenvalue weighted by molar-refractivity contribution is -0.137. The third-order valence-corrected chi connectivity index (χ3v) is 4.36. The van der Waals surface area contributed by atoms with Crippen molar-refractivity contribution in [1.82, 2.24) is 14.8 Å². The highest BCUT2D eigenvalue weighted by Gasteiger charge is 2.30. The Kier molecular flexibility index (Phi) is 3.96. The molecule has 4 nitrogen and oxygen atoms in total. The van der Waals surface area contributed by atoms with Crippen LogP contribution in [0.2, 0.25) is 5.02 Å². The van der Waals surface area contributed by atoms with E-state index in [1.807, 2.05) is 24.3 Å². The van der Waals surface area contributed by atoms with E-state index in [4.69, 9.17) is 11.6 Å². The van der Waals surface area contributed by atoms with Crippen LogP contribution in [0.3, 0.4) is 0 Å². The first kappa shape index (κ1) is 16.7. The smallest absolute Gasteiger partial charge is 0.324 e. The molecule has 2 heterocycles.